The third kappa shape index (κ3) is 5.87. The van der Waals surface area contributed by atoms with Gasteiger partial charge in [0.25, 0.3) is 0 Å². The van der Waals surface area contributed by atoms with Gasteiger partial charge >= 0.3 is 0 Å². The van der Waals surface area contributed by atoms with Crippen LogP contribution in [0.25, 0.3) is 0 Å². The predicted octanol–water partition coefficient (Wildman–Crippen LogP) is 2.94. The fourth-order valence-electron chi connectivity index (χ4n) is 1.63. The summed E-state index contributed by atoms with van der Waals surface area (Å²) >= 11 is 7.58. The number of hydrogen-bond acceptors (Lipinski definition) is 3. The minimum atomic E-state index is -0.503. The molecule has 0 aliphatic heterocycles. The first-order valence-electron chi connectivity index (χ1n) is 5.89. The molecule has 0 saturated carbocycles. The number of carbonyl (C=O) groups excluding carboxylic acids is 1. The molecule has 0 bridgehead atoms. The van der Waals surface area contributed by atoms with Crippen molar-refractivity contribution < 1.29 is 9.18 Å². The van der Waals surface area contributed by atoms with Gasteiger partial charge in [0.05, 0.1) is 6.04 Å². The van der Waals surface area contributed by atoms with Gasteiger partial charge < -0.3 is 10.6 Å². The highest BCUT2D eigenvalue weighted by Gasteiger charge is 2.18. The van der Waals surface area contributed by atoms with Crippen molar-refractivity contribution >= 4 is 41.7 Å². The molecule has 1 aromatic carbocycles. The van der Waals surface area contributed by atoms with Crippen LogP contribution >= 0.6 is 35.8 Å². The van der Waals surface area contributed by atoms with Gasteiger partial charge in [0.2, 0.25) is 5.91 Å². The monoisotopic (exact) mass is 340 g/mol. The van der Waals surface area contributed by atoms with Crippen molar-refractivity contribution in [2.24, 2.45) is 5.73 Å². The van der Waals surface area contributed by atoms with Crippen molar-refractivity contribution in [1.29, 1.82) is 0 Å². The SMILES string of the molecule is CSCCC(N)C(=O)N(C)Cc1ccc(F)cc1Cl.Cl. The van der Waals surface area contributed by atoms with Gasteiger partial charge in [-0.3, -0.25) is 4.79 Å². The minimum Gasteiger partial charge on any atom is -0.340 e. The van der Waals surface area contributed by atoms with Crippen LogP contribution < -0.4 is 5.73 Å². The summed E-state index contributed by atoms with van der Waals surface area (Å²) in [6.45, 7) is 0.324. The lowest BCUT2D eigenvalue weighted by Gasteiger charge is -2.21. The van der Waals surface area contributed by atoms with E-state index in [1.165, 1.54) is 17.0 Å². The zero-order chi connectivity index (χ0) is 14.4. The van der Waals surface area contributed by atoms with E-state index in [1.54, 1.807) is 24.9 Å². The average molecular weight is 341 g/mol. The minimum absolute atomic E-state index is 0. The van der Waals surface area contributed by atoms with Crippen molar-refractivity contribution in [1.82, 2.24) is 4.90 Å². The standard InChI is InChI=1S/C13H18ClFN2OS.ClH/c1-17(13(18)12(16)5-6-19-2)8-9-3-4-10(15)7-11(9)14;/h3-4,7,12H,5-6,8,16H2,1-2H3;1H. The third-order valence-corrected chi connectivity index (χ3v) is 3.74. The lowest BCUT2D eigenvalue weighted by Crippen LogP contribution is -2.41. The maximum absolute atomic E-state index is 12.9. The van der Waals surface area contributed by atoms with Gasteiger partial charge in [-0.1, -0.05) is 17.7 Å². The number of likely N-dealkylation sites (N-methyl/N-ethyl adjacent to an activating group) is 1. The predicted molar refractivity (Wildman–Crippen MR) is 86.1 cm³/mol. The Bertz CT molecular complexity index is 448. The molecule has 0 aromatic heterocycles. The quantitative estimate of drug-likeness (QED) is 0.865. The zero-order valence-electron chi connectivity index (χ0n) is 11.4. The molecule has 20 heavy (non-hydrogen) atoms. The highest BCUT2D eigenvalue weighted by molar-refractivity contribution is 7.98. The van der Waals surface area contributed by atoms with E-state index in [0.717, 1.165) is 5.75 Å². The first-order chi connectivity index (χ1) is 8.95. The zero-order valence-corrected chi connectivity index (χ0v) is 13.8. The summed E-state index contributed by atoms with van der Waals surface area (Å²) in [6, 6.07) is 3.64. The Morgan fingerprint density at radius 2 is 2.20 bits per heavy atom. The second-order valence-electron chi connectivity index (χ2n) is 4.32. The Kier molecular flexibility index (Phi) is 9.22. The molecule has 0 saturated heterocycles. The van der Waals surface area contributed by atoms with Gasteiger partial charge in [-0.05, 0) is 36.1 Å². The average Bonchev–Trinajstić information content (AvgIpc) is 2.38. The molecule has 1 unspecified atom stereocenters. The number of benzene rings is 1. The second-order valence-corrected chi connectivity index (χ2v) is 5.71. The first kappa shape index (κ1) is 19.5. The molecular weight excluding hydrogens is 322 g/mol. The number of halogens is 3. The van der Waals surface area contributed by atoms with Gasteiger partial charge in [0, 0.05) is 18.6 Å². The summed E-state index contributed by atoms with van der Waals surface area (Å²) in [6.07, 6.45) is 2.61. The molecule has 0 aliphatic carbocycles. The largest absolute Gasteiger partial charge is 0.340 e. The molecule has 0 spiro atoms. The fourth-order valence-corrected chi connectivity index (χ4v) is 2.35. The summed E-state index contributed by atoms with van der Waals surface area (Å²) < 4.78 is 12.9. The van der Waals surface area contributed by atoms with Crippen molar-refractivity contribution in [3.05, 3.63) is 34.6 Å². The summed E-state index contributed by atoms with van der Waals surface area (Å²) in [4.78, 5) is 13.5. The van der Waals surface area contributed by atoms with Crippen LogP contribution in [-0.4, -0.2) is 35.9 Å². The Morgan fingerprint density at radius 3 is 2.75 bits per heavy atom. The molecule has 0 heterocycles. The number of nitrogens with zero attached hydrogens (tertiary/aromatic N) is 1. The molecule has 7 heteroatoms. The van der Waals surface area contributed by atoms with Gasteiger partial charge in [0.1, 0.15) is 5.82 Å². The van der Waals surface area contributed by atoms with Crippen molar-refractivity contribution in [3.63, 3.8) is 0 Å². The molecule has 0 aliphatic rings. The van der Waals surface area contributed by atoms with E-state index in [1.807, 2.05) is 6.26 Å². The molecule has 1 aromatic rings. The van der Waals surface area contributed by atoms with Crippen molar-refractivity contribution in [3.8, 4) is 0 Å². The molecule has 1 rings (SSSR count). The van der Waals surface area contributed by atoms with E-state index < -0.39 is 6.04 Å². The van der Waals surface area contributed by atoms with Crippen LogP contribution in [-0.2, 0) is 11.3 Å². The Labute approximate surface area is 134 Å². The summed E-state index contributed by atoms with van der Waals surface area (Å²) in [5.74, 6) is 0.326. The molecule has 2 N–H and O–H groups in total. The second kappa shape index (κ2) is 9.45. The van der Waals surface area contributed by atoms with Gasteiger partial charge in [0.15, 0.2) is 0 Å². The Hall–Kier alpha value is -0.490. The Balaban J connectivity index is 0.00000361. The van der Waals surface area contributed by atoms with Gasteiger partial charge in [-0.25, -0.2) is 4.39 Å². The van der Waals surface area contributed by atoms with E-state index in [4.69, 9.17) is 17.3 Å². The number of rotatable bonds is 6. The first-order valence-corrected chi connectivity index (χ1v) is 7.66. The molecule has 3 nitrogen and oxygen atoms in total. The van der Waals surface area contributed by atoms with Gasteiger partial charge in [-0.15, -0.1) is 12.4 Å². The maximum Gasteiger partial charge on any atom is 0.239 e. The van der Waals surface area contributed by atoms with E-state index in [0.29, 0.717) is 23.6 Å². The molecule has 0 radical (unpaired) electrons. The topological polar surface area (TPSA) is 46.3 Å². The lowest BCUT2D eigenvalue weighted by atomic mass is 10.1. The van der Waals surface area contributed by atoms with Crippen molar-refractivity contribution in [2.75, 3.05) is 19.1 Å². The van der Waals surface area contributed by atoms with Crippen LogP contribution in [0.1, 0.15) is 12.0 Å². The number of nitrogens with two attached hydrogens (primary N) is 1. The summed E-state index contributed by atoms with van der Waals surface area (Å²) in [5, 5.41) is 0.317. The van der Waals surface area contributed by atoms with Crippen molar-refractivity contribution in [2.45, 2.75) is 19.0 Å². The van der Waals surface area contributed by atoms with E-state index >= 15 is 0 Å². The van der Waals surface area contributed by atoms with E-state index in [9.17, 15) is 9.18 Å². The number of carbonyl (C=O) groups is 1. The normalized spacial score (nSPS) is 11.7. The molecule has 114 valence electrons. The number of hydrogen-bond donors (Lipinski definition) is 1. The smallest absolute Gasteiger partial charge is 0.239 e. The summed E-state index contributed by atoms with van der Waals surface area (Å²) in [7, 11) is 1.67. The molecular formula is C13H19Cl2FN2OS. The fraction of sp³-hybridized carbons (Fsp3) is 0.462. The third-order valence-electron chi connectivity index (χ3n) is 2.75. The summed E-state index contributed by atoms with van der Waals surface area (Å²) in [5.41, 5.74) is 6.53. The number of amides is 1. The highest BCUT2D eigenvalue weighted by atomic mass is 35.5. The van der Waals surface area contributed by atoms with Crippen LogP contribution in [0, 0.1) is 5.82 Å². The number of thioether (sulfide) groups is 1. The van der Waals surface area contributed by atoms with Crippen LogP contribution in [0.3, 0.4) is 0 Å². The van der Waals surface area contributed by atoms with E-state index in [-0.39, 0.29) is 24.1 Å². The maximum atomic E-state index is 12.9. The van der Waals surface area contributed by atoms with Gasteiger partial charge in [-0.2, -0.15) is 11.8 Å². The lowest BCUT2D eigenvalue weighted by molar-refractivity contribution is -0.131. The van der Waals surface area contributed by atoms with Crippen LogP contribution in [0.2, 0.25) is 5.02 Å². The van der Waals surface area contributed by atoms with E-state index in [2.05, 4.69) is 0 Å². The Morgan fingerprint density at radius 1 is 1.55 bits per heavy atom. The molecule has 0 fully saturated rings. The van der Waals surface area contributed by atoms with Crippen LogP contribution in [0.15, 0.2) is 18.2 Å². The van der Waals surface area contributed by atoms with Crippen LogP contribution in [0.5, 0.6) is 0 Å². The highest BCUT2D eigenvalue weighted by Crippen LogP contribution is 2.19. The van der Waals surface area contributed by atoms with Crippen LogP contribution in [0.4, 0.5) is 4.39 Å². The molecule has 1 atom stereocenters. The molecule has 1 amide bonds.